The lowest BCUT2D eigenvalue weighted by Gasteiger charge is -2.19. The predicted octanol–water partition coefficient (Wildman–Crippen LogP) is 2.44. The van der Waals surface area contributed by atoms with Crippen molar-refractivity contribution in [2.45, 2.75) is 40.2 Å². The third-order valence-corrected chi connectivity index (χ3v) is 3.08. The third kappa shape index (κ3) is 4.77. The lowest BCUT2D eigenvalue weighted by molar-refractivity contribution is 0.291. The summed E-state index contributed by atoms with van der Waals surface area (Å²) in [7, 11) is 0. The van der Waals surface area contributed by atoms with Crippen LogP contribution in [0.2, 0.25) is 0 Å². The summed E-state index contributed by atoms with van der Waals surface area (Å²) in [5, 5.41) is 3.39. The van der Waals surface area contributed by atoms with Crippen LogP contribution in [0.4, 0.5) is 5.95 Å². The third-order valence-electron chi connectivity index (χ3n) is 3.08. The van der Waals surface area contributed by atoms with Crippen molar-refractivity contribution in [1.29, 1.82) is 0 Å². The standard InChI is InChI=1S/C13H26N4/c1-4-7-8-14-13-15-9-10-17(13)12-11-16(5-2)6-3/h9-10H,4-8,11-12H2,1-3H3,(H,14,15). The van der Waals surface area contributed by atoms with E-state index in [-0.39, 0.29) is 0 Å². The molecule has 0 fully saturated rings. The fourth-order valence-corrected chi connectivity index (χ4v) is 1.82. The van der Waals surface area contributed by atoms with Crippen LogP contribution < -0.4 is 5.32 Å². The average Bonchev–Trinajstić information content (AvgIpc) is 2.79. The van der Waals surface area contributed by atoms with E-state index in [1.807, 2.05) is 6.20 Å². The van der Waals surface area contributed by atoms with Gasteiger partial charge in [-0.2, -0.15) is 0 Å². The van der Waals surface area contributed by atoms with Gasteiger partial charge >= 0.3 is 0 Å². The van der Waals surface area contributed by atoms with E-state index in [0.717, 1.165) is 38.7 Å². The van der Waals surface area contributed by atoms with E-state index in [1.54, 1.807) is 0 Å². The minimum Gasteiger partial charge on any atom is -0.356 e. The van der Waals surface area contributed by atoms with Crippen LogP contribution in [-0.2, 0) is 6.54 Å². The molecule has 0 bridgehead atoms. The van der Waals surface area contributed by atoms with Crippen molar-refractivity contribution in [2.75, 3.05) is 31.5 Å². The first-order chi connectivity index (χ1) is 8.31. The van der Waals surface area contributed by atoms with Crippen LogP contribution in [0.1, 0.15) is 33.6 Å². The number of hydrogen-bond acceptors (Lipinski definition) is 3. The van der Waals surface area contributed by atoms with Crippen LogP contribution in [0.3, 0.4) is 0 Å². The molecular formula is C13H26N4. The van der Waals surface area contributed by atoms with Gasteiger partial charge in [-0.1, -0.05) is 27.2 Å². The summed E-state index contributed by atoms with van der Waals surface area (Å²) in [6, 6.07) is 0. The maximum atomic E-state index is 4.35. The molecule has 4 heteroatoms. The Balaban J connectivity index is 2.39. The fraction of sp³-hybridized carbons (Fsp3) is 0.769. The number of aromatic nitrogens is 2. The molecule has 1 aromatic rings. The van der Waals surface area contributed by atoms with E-state index in [0.29, 0.717) is 0 Å². The number of nitrogens with zero attached hydrogens (tertiary/aromatic N) is 3. The largest absolute Gasteiger partial charge is 0.356 e. The van der Waals surface area contributed by atoms with Gasteiger partial charge in [0.1, 0.15) is 0 Å². The summed E-state index contributed by atoms with van der Waals surface area (Å²) in [6.45, 7) is 12.0. The molecule has 1 aromatic heterocycles. The Morgan fingerprint density at radius 3 is 2.71 bits per heavy atom. The average molecular weight is 238 g/mol. The number of unbranched alkanes of at least 4 members (excludes halogenated alkanes) is 1. The van der Waals surface area contributed by atoms with E-state index >= 15 is 0 Å². The van der Waals surface area contributed by atoms with Crippen molar-refractivity contribution >= 4 is 5.95 Å². The van der Waals surface area contributed by atoms with Gasteiger partial charge < -0.3 is 14.8 Å². The van der Waals surface area contributed by atoms with Crippen LogP contribution >= 0.6 is 0 Å². The molecule has 0 aromatic carbocycles. The molecule has 1 N–H and O–H groups in total. The topological polar surface area (TPSA) is 33.1 Å². The molecular weight excluding hydrogens is 212 g/mol. The highest BCUT2D eigenvalue weighted by atomic mass is 15.2. The Morgan fingerprint density at radius 1 is 1.29 bits per heavy atom. The maximum Gasteiger partial charge on any atom is 0.202 e. The van der Waals surface area contributed by atoms with Crippen LogP contribution in [0.15, 0.2) is 12.4 Å². The number of rotatable bonds is 9. The summed E-state index contributed by atoms with van der Waals surface area (Å²) in [5.41, 5.74) is 0. The Kier molecular flexibility index (Phi) is 6.70. The van der Waals surface area contributed by atoms with Gasteiger partial charge in [-0.15, -0.1) is 0 Å². The summed E-state index contributed by atoms with van der Waals surface area (Å²) in [5.74, 6) is 1.01. The molecule has 0 amide bonds. The molecule has 0 saturated heterocycles. The van der Waals surface area contributed by atoms with Crippen molar-refractivity contribution in [3.8, 4) is 0 Å². The first kappa shape index (κ1) is 14.0. The fourth-order valence-electron chi connectivity index (χ4n) is 1.82. The molecule has 0 radical (unpaired) electrons. The number of anilines is 1. The van der Waals surface area contributed by atoms with Gasteiger partial charge in [0.15, 0.2) is 0 Å². The molecule has 0 aliphatic rings. The Hall–Kier alpha value is -1.03. The summed E-state index contributed by atoms with van der Waals surface area (Å²) >= 11 is 0. The highest BCUT2D eigenvalue weighted by molar-refractivity contribution is 5.25. The monoisotopic (exact) mass is 238 g/mol. The molecule has 1 rings (SSSR count). The maximum absolute atomic E-state index is 4.35. The second-order valence-corrected chi connectivity index (χ2v) is 4.25. The Morgan fingerprint density at radius 2 is 2.06 bits per heavy atom. The van der Waals surface area contributed by atoms with E-state index < -0.39 is 0 Å². The minimum absolute atomic E-state index is 1.01. The molecule has 1 heterocycles. The highest BCUT2D eigenvalue weighted by Gasteiger charge is 2.03. The molecule has 0 aliphatic heterocycles. The highest BCUT2D eigenvalue weighted by Crippen LogP contribution is 2.05. The zero-order valence-electron chi connectivity index (χ0n) is 11.4. The van der Waals surface area contributed by atoms with Gasteiger partial charge in [0.2, 0.25) is 5.95 Å². The van der Waals surface area contributed by atoms with Gasteiger partial charge in [0.25, 0.3) is 0 Å². The Bertz CT molecular complexity index is 291. The van der Waals surface area contributed by atoms with Crippen LogP contribution in [-0.4, -0.2) is 40.6 Å². The molecule has 0 atom stereocenters. The SMILES string of the molecule is CCCCNc1nccn1CCN(CC)CC. The van der Waals surface area contributed by atoms with Crippen molar-refractivity contribution < 1.29 is 0 Å². The van der Waals surface area contributed by atoms with E-state index in [9.17, 15) is 0 Å². The number of imidazole rings is 1. The van der Waals surface area contributed by atoms with Crippen molar-refractivity contribution in [3.05, 3.63) is 12.4 Å². The second-order valence-electron chi connectivity index (χ2n) is 4.25. The molecule has 0 spiro atoms. The summed E-state index contributed by atoms with van der Waals surface area (Å²) in [6.07, 6.45) is 6.34. The first-order valence-electron chi connectivity index (χ1n) is 6.79. The smallest absolute Gasteiger partial charge is 0.202 e. The zero-order valence-corrected chi connectivity index (χ0v) is 11.4. The minimum atomic E-state index is 1.01. The van der Waals surface area contributed by atoms with Crippen molar-refractivity contribution in [3.63, 3.8) is 0 Å². The van der Waals surface area contributed by atoms with Crippen LogP contribution in [0.25, 0.3) is 0 Å². The summed E-state index contributed by atoms with van der Waals surface area (Å²) < 4.78 is 2.20. The normalized spacial score (nSPS) is 11.1. The lowest BCUT2D eigenvalue weighted by Crippen LogP contribution is -2.27. The Labute approximate surface area is 105 Å². The van der Waals surface area contributed by atoms with Gasteiger partial charge in [0.05, 0.1) is 0 Å². The number of nitrogens with one attached hydrogen (secondary N) is 1. The predicted molar refractivity (Wildman–Crippen MR) is 73.4 cm³/mol. The van der Waals surface area contributed by atoms with Gasteiger partial charge in [-0.25, -0.2) is 4.98 Å². The van der Waals surface area contributed by atoms with Gasteiger partial charge in [-0.05, 0) is 19.5 Å². The van der Waals surface area contributed by atoms with E-state index in [1.165, 1.54) is 12.8 Å². The molecule has 0 saturated carbocycles. The van der Waals surface area contributed by atoms with Crippen molar-refractivity contribution in [2.24, 2.45) is 0 Å². The van der Waals surface area contributed by atoms with Gasteiger partial charge in [0, 0.05) is 32.0 Å². The van der Waals surface area contributed by atoms with Crippen molar-refractivity contribution in [1.82, 2.24) is 14.5 Å². The zero-order chi connectivity index (χ0) is 12.5. The van der Waals surface area contributed by atoms with E-state index in [2.05, 4.69) is 46.7 Å². The molecule has 4 nitrogen and oxygen atoms in total. The molecule has 17 heavy (non-hydrogen) atoms. The number of hydrogen-bond donors (Lipinski definition) is 1. The second kappa shape index (κ2) is 8.12. The van der Waals surface area contributed by atoms with E-state index in [4.69, 9.17) is 0 Å². The first-order valence-corrected chi connectivity index (χ1v) is 6.79. The summed E-state index contributed by atoms with van der Waals surface area (Å²) in [4.78, 5) is 6.78. The van der Waals surface area contributed by atoms with Crippen LogP contribution in [0, 0.1) is 0 Å². The molecule has 0 unspecified atom stereocenters. The number of likely N-dealkylation sites (N-methyl/N-ethyl adjacent to an activating group) is 1. The van der Waals surface area contributed by atoms with Crippen LogP contribution in [0.5, 0.6) is 0 Å². The van der Waals surface area contributed by atoms with Gasteiger partial charge in [-0.3, -0.25) is 0 Å². The quantitative estimate of drug-likeness (QED) is 0.671. The molecule has 0 aliphatic carbocycles. The lowest BCUT2D eigenvalue weighted by atomic mass is 10.3. The molecule has 98 valence electrons.